The first-order valence-electron chi connectivity index (χ1n) is 5.79. The van der Waals surface area contributed by atoms with Crippen LogP contribution in [0.1, 0.15) is 27.9 Å². The average molecular weight is 256 g/mol. The van der Waals surface area contributed by atoms with Crippen LogP contribution < -0.4 is 0 Å². The number of hydrogen-bond acceptors (Lipinski definition) is 5. The van der Waals surface area contributed by atoms with Gasteiger partial charge in [0.1, 0.15) is 5.41 Å². The van der Waals surface area contributed by atoms with Gasteiger partial charge in [-0.15, -0.1) is 0 Å². The summed E-state index contributed by atoms with van der Waals surface area (Å²) in [6.45, 7) is 0.771. The summed E-state index contributed by atoms with van der Waals surface area (Å²) in [6, 6.07) is 8.94. The molecule has 0 spiro atoms. The van der Waals surface area contributed by atoms with Crippen molar-refractivity contribution in [3.63, 3.8) is 0 Å². The normalized spacial score (nSPS) is 21.4. The molecule has 0 aromatic heterocycles. The van der Waals surface area contributed by atoms with E-state index in [0.717, 1.165) is 0 Å². The number of methoxy groups -OCH3 is 1. The lowest BCUT2D eigenvalue weighted by molar-refractivity contribution is 0.0600. The van der Waals surface area contributed by atoms with Crippen LogP contribution in [0.5, 0.6) is 0 Å². The topological polar surface area (TPSA) is 83.1 Å². The molecule has 1 heterocycles. The van der Waals surface area contributed by atoms with Gasteiger partial charge >= 0.3 is 5.97 Å². The molecule has 5 nitrogen and oxygen atoms in total. The minimum Gasteiger partial charge on any atom is -0.465 e. The fourth-order valence-corrected chi connectivity index (χ4v) is 2.22. The lowest BCUT2D eigenvalue weighted by atomic mass is 9.78. The van der Waals surface area contributed by atoms with E-state index in [4.69, 9.17) is 4.74 Å². The van der Waals surface area contributed by atoms with E-state index in [9.17, 15) is 15.3 Å². The molecule has 19 heavy (non-hydrogen) atoms. The van der Waals surface area contributed by atoms with Crippen LogP contribution in [0.3, 0.4) is 0 Å². The summed E-state index contributed by atoms with van der Waals surface area (Å²) >= 11 is 0. The van der Waals surface area contributed by atoms with Gasteiger partial charge in [-0.1, -0.05) is 6.07 Å². The molecular formula is C14H12N2O3. The van der Waals surface area contributed by atoms with E-state index in [2.05, 4.69) is 10.8 Å². The second-order valence-corrected chi connectivity index (χ2v) is 4.36. The lowest BCUT2D eigenvalue weighted by Crippen LogP contribution is -2.25. The van der Waals surface area contributed by atoms with Crippen LogP contribution in [0.2, 0.25) is 0 Å². The van der Waals surface area contributed by atoms with Gasteiger partial charge in [0.2, 0.25) is 0 Å². The van der Waals surface area contributed by atoms with Crippen molar-refractivity contribution in [3.8, 4) is 12.1 Å². The maximum Gasteiger partial charge on any atom is 0.337 e. The Hall–Kier alpha value is -2.37. The zero-order chi connectivity index (χ0) is 13.9. The van der Waals surface area contributed by atoms with Crippen LogP contribution in [-0.2, 0) is 14.9 Å². The number of esters is 1. The van der Waals surface area contributed by atoms with Crippen molar-refractivity contribution in [1.29, 1.82) is 10.5 Å². The van der Waals surface area contributed by atoms with Crippen LogP contribution in [-0.4, -0.2) is 26.3 Å². The van der Waals surface area contributed by atoms with Gasteiger partial charge in [-0.25, -0.2) is 4.79 Å². The van der Waals surface area contributed by atoms with Gasteiger partial charge in [0.25, 0.3) is 0 Å². The molecule has 1 aromatic carbocycles. The maximum atomic E-state index is 11.4. The smallest absolute Gasteiger partial charge is 0.337 e. The van der Waals surface area contributed by atoms with Gasteiger partial charge in [0.15, 0.2) is 0 Å². The summed E-state index contributed by atoms with van der Waals surface area (Å²) < 4.78 is 9.90. The molecule has 0 saturated carbocycles. The average Bonchev–Trinajstić information content (AvgIpc) is 2.95. The highest BCUT2D eigenvalue weighted by atomic mass is 16.5. The van der Waals surface area contributed by atoms with Gasteiger partial charge in [-0.05, 0) is 24.1 Å². The molecule has 1 fully saturated rings. The quantitative estimate of drug-likeness (QED) is 0.749. The summed E-state index contributed by atoms with van der Waals surface area (Å²) in [5.74, 6) is -0.503. The minimum atomic E-state index is -0.792. The molecule has 1 aromatic rings. The second-order valence-electron chi connectivity index (χ2n) is 4.36. The number of hydrogen-bond donors (Lipinski definition) is 0. The van der Waals surface area contributed by atoms with Crippen LogP contribution in [0.25, 0.3) is 0 Å². The highest BCUT2D eigenvalue weighted by Gasteiger charge is 2.39. The van der Waals surface area contributed by atoms with Crippen molar-refractivity contribution >= 4 is 5.97 Å². The third-order valence-corrected chi connectivity index (χ3v) is 3.31. The molecular weight excluding hydrogens is 244 g/mol. The van der Waals surface area contributed by atoms with Crippen LogP contribution in [0.4, 0.5) is 0 Å². The van der Waals surface area contributed by atoms with Crippen molar-refractivity contribution in [2.24, 2.45) is 0 Å². The second kappa shape index (κ2) is 5.09. The first-order valence-corrected chi connectivity index (χ1v) is 5.79. The number of carbonyl (C=O) groups is 1. The molecule has 0 bridgehead atoms. The molecule has 0 aliphatic carbocycles. The van der Waals surface area contributed by atoms with E-state index in [1.54, 1.807) is 12.1 Å². The van der Waals surface area contributed by atoms with Crippen molar-refractivity contribution < 1.29 is 14.3 Å². The Balaban J connectivity index is 2.51. The summed E-state index contributed by atoms with van der Waals surface area (Å²) in [5, 5.41) is 18.6. The van der Waals surface area contributed by atoms with E-state index in [1.165, 1.54) is 13.2 Å². The van der Waals surface area contributed by atoms with Gasteiger partial charge in [-0.2, -0.15) is 10.5 Å². The largest absolute Gasteiger partial charge is 0.465 e. The van der Waals surface area contributed by atoms with Gasteiger partial charge in [0, 0.05) is 6.61 Å². The Morgan fingerprint density at radius 3 is 2.79 bits per heavy atom. The molecule has 1 atom stereocenters. The third-order valence-electron chi connectivity index (χ3n) is 3.31. The van der Waals surface area contributed by atoms with Crippen molar-refractivity contribution in [3.05, 3.63) is 34.9 Å². The van der Waals surface area contributed by atoms with Crippen LogP contribution in [0, 0.1) is 22.7 Å². The van der Waals surface area contributed by atoms with E-state index in [-0.39, 0.29) is 6.61 Å². The van der Waals surface area contributed by atoms with Crippen molar-refractivity contribution in [2.75, 3.05) is 20.3 Å². The third kappa shape index (κ3) is 2.16. The number of ether oxygens (including phenoxy) is 2. The predicted octanol–water partition coefficient (Wildman–Crippen LogP) is 1.53. The Bertz CT molecular complexity index is 590. The first-order chi connectivity index (χ1) is 9.16. The molecule has 0 radical (unpaired) electrons. The summed E-state index contributed by atoms with van der Waals surface area (Å²) in [7, 11) is 1.28. The fraction of sp³-hybridized carbons (Fsp3) is 0.357. The Kier molecular flexibility index (Phi) is 3.50. The minimum absolute atomic E-state index is 0.274. The molecule has 1 unspecified atom stereocenters. The highest BCUT2D eigenvalue weighted by Crippen LogP contribution is 2.34. The van der Waals surface area contributed by atoms with Crippen LogP contribution in [0.15, 0.2) is 18.2 Å². The Labute approximate surface area is 111 Å². The Morgan fingerprint density at radius 1 is 1.47 bits per heavy atom. The molecule has 1 saturated heterocycles. The van der Waals surface area contributed by atoms with Gasteiger partial charge in [0.05, 0.1) is 37.0 Å². The highest BCUT2D eigenvalue weighted by molar-refractivity contribution is 5.90. The van der Waals surface area contributed by atoms with Gasteiger partial charge < -0.3 is 9.47 Å². The predicted molar refractivity (Wildman–Crippen MR) is 65.2 cm³/mol. The van der Waals surface area contributed by atoms with Crippen molar-refractivity contribution in [1.82, 2.24) is 0 Å². The van der Waals surface area contributed by atoms with E-state index in [0.29, 0.717) is 29.7 Å². The van der Waals surface area contributed by atoms with Crippen LogP contribution >= 0.6 is 0 Å². The van der Waals surface area contributed by atoms with Crippen molar-refractivity contribution in [2.45, 2.75) is 11.8 Å². The zero-order valence-electron chi connectivity index (χ0n) is 10.5. The molecule has 1 aliphatic rings. The maximum absolute atomic E-state index is 11.4. The molecule has 5 heteroatoms. The van der Waals surface area contributed by atoms with E-state index >= 15 is 0 Å². The lowest BCUT2D eigenvalue weighted by Gasteiger charge is -2.20. The number of rotatable bonds is 2. The molecule has 0 N–H and O–H groups in total. The van der Waals surface area contributed by atoms with E-state index in [1.807, 2.05) is 6.07 Å². The number of nitrogens with zero attached hydrogens (tertiary/aromatic N) is 2. The monoisotopic (exact) mass is 256 g/mol. The molecule has 2 rings (SSSR count). The molecule has 96 valence electrons. The summed E-state index contributed by atoms with van der Waals surface area (Å²) in [5.41, 5.74) is 0.437. The molecule has 1 aliphatic heterocycles. The summed E-state index contributed by atoms with van der Waals surface area (Å²) in [4.78, 5) is 11.4. The SMILES string of the molecule is COC(=O)c1ccc(C2(C#N)CCOC2)c(C#N)c1. The number of nitriles is 2. The fourth-order valence-electron chi connectivity index (χ4n) is 2.22. The number of benzene rings is 1. The Morgan fingerprint density at radius 2 is 2.26 bits per heavy atom. The van der Waals surface area contributed by atoms with E-state index < -0.39 is 11.4 Å². The van der Waals surface area contributed by atoms with Gasteiger partial charge in [-0.3, -0.25) is 0 Å². The number of carbonyl (C=O) groups excluding carboxylic acids is 1. The molecule has 0 amide bonds. The first kappa shape index (κ1) is 13.1. The standard InChI is InChI=1S/C14H12N2O3/c1-18-13(17)10-2-3-12(11(6-10)7-15)14(8-16)4-5-19-9-14/h2-3,6H,4-5,9H2,1H3. The zero-order valence-corrected chi connectivity index (χ0v) is 10.5. The summed E-state index contributed by atoms with van der Waals surface area (Å²) in [6.07, 6.45) is 0.551.